The number of carbonyl (C=O) groups is 1. The molecule has 0 saturated carbocycles. The largest absolute Gasteiger partial charge is 0.331 e. The summed E-state index contributed by atoms with van der Waals surface area (Å²) in [7, 11) is 0. The Labute approximate surface area is 153 Å². The molecular weight excluding hydrogens is 336 g/mol. The highest BCUT2D eigenvalue weighted by Gasteiger charge is 2.24. The predicted molar refractivity (Wildman–Crippen MR) is 97.3 cm³/mol. The van der Waals surface area contributed by atoms with E-state index in [4.69, 9.17) is 16.9 Å². The van der Waals surface area contributed by atoms with E-state index in [2.05, 4.69) is 16.0 Å². The molecule has 0 atom stereocenters. The fraction of sp³-hybridized carbons (Fsp3) is 0.368. The number of nitriles is 1. The minimum Gasteiger partial charge on any atom is -0.331 e. The van der Waals surface area contributed by atoms with Crippen LogP contribution in [0.15, 0.2) is 30.5 Å². The average Bonchev–Trinajstić information content (AvgIpc) is 2.59. The molecule has 0 unspecified atom stereocenters. The molecule has 1 heterocycles. The standard InChI is InChI=1S/C19H21ClN4O/c1-12(2)18-22-10-16(20)17(23-18)19(25)24(13(3)4)11-15-7-5-14(9-21)6-8-15/h5-8,10,12-13H,11H2,1-4H3. The Balaban J connectivity index is 2.32. The number of nitrogens with zero attached hydrogens (tertiary/aromatic N) is 4. The maximum Gasteiger partial charge on any atom is 0.274 e. The lowest BCUT2D eigenvalue weighted by atomic mass is 10.1. The van der Waals surface area contributed by atoms with E-state index in [0.29, 0.717) is 17.9 Å². The fourth-order valence-electron chi connectivity index (χ4n) is 2.32. The van der Waals surface area contributed by atoms with Gasteiger partial charge in [0.1, 0.15) is 5.82 Å². The predicted octanol–water partition coefficient (Wildman–Crippen LogP) is 4.18. The maximum atomic E-state index is 13.0. The summed E-state index contributed by atoms with van der Waals surface area (Å²) < 4.78 is 0. The van der Waals surface area contributed by atoms with Crippen LogP contribution in [0.25, 0.3) is 0 Å². The molecule has 1 amide bonds. The summed E-state index contributed by atoms with van der Waals surface area (Å²) in [6.07, 6.45) is 1.48. The van der Waals surface area contributed by atoms with Gasteiger partial charge in [0.15, 0.2) is 5.69 Å². The monoisotopic (exact) mass is 356 g/mol. The van der Waals surface area contributed by atoms with E-state index in [1.165, 1.54) is 6.20 Å². The van der Waals surface area contributed by atoms with Gasteiger partial charge < -0.3 is 4.90 Å². The lowest BCUT2D eigenvalue weighted by Gasteiger charge is -2.27. The van der Waals surface area contributed by atoms with Gasteiger partial charge >= 0.3 is 0 Å². The minimum absolute atomic E-state index is 0.0309. The molecule has 0 fully saturated rings. The lowest BCUT2D eigenvalue weighted by Crippen LogP contribution is -2.37. The van der Waals surface area contributed by atoms with Gasteiger partial charge in [0.05, 0.1) is 22.9 Å². The van der Waals surface area contributed by atoms with E-state index < -0.39 is 0 Å². The molecule has 2 rings (SSSR count). The summed E-state index contributed by atoms with van der Waals surface area (Å²) in [6.45, 7) is 8.24. The van der Waals surface area contributed by atoms with Gasteiger partial charge in [-0.15, -0.1) is 0 Å². The quantitative estimate of drug-likeness (QED) is 0.805. The number of aromatic nitrogens is 2. The highest BCUT2D eigenvalue weighted by molar-refractivity contribution is 6.33. The molecule has 0 aliphatic rings. The second kappa shape index (κ2) is 8.09. The summed E-state index contributed by atoms with van der Waals surface area (Å²) in [5.41, 5.74) is 1.75. The lowest BCUT2D eigenvalue weighted by molar-refractivity contribution is 0.0684. The molecule has 0 radical (unpaired) electrons. The van der Waals surface area contributed by atoms with E-state index in [0.717, 1.165) is 5.56 Å². The van der Waals surface area contributed by atoms with Gasteiger partial charge in [0.25, 0.3) is 5.91 Å². The van der Waals surface area contributed by atoms with Crippen molar-refractivity contribution in [1.82, 2.24) is 14.9 Å². The van der Waals surface area contributed by atoms with Crippen molar-refractivity contribution in [3.8, 4) is 6.07 Å². The summed E-state index contributed by atoms with van der Waals surface area (Å²) in [6, 6.07) is 9.24. The molecule has 0 aliphatic heterocycles. The number of halogens is 1. The Morgan fingerprint density at radius 2 is 1.88 bits per heavy atom. The third-order valence-electron chi connectivity index (χ3n) is 3.80. The SMILES string of the molecule is CC(C)c1ncc(Cl)c(C(=O)N(Cc2ccc(C#N)cc2)C(C)C)n1. The third-order valence-corrected chi connectivity index (χ3v) is 4.08. The van der Waals surface area contributed by atoms with Gasteiger partial charge in [-0.25, -0.2) is 9.97 Å². The molecule has 0 saturated heterocycles. The van der Waals surface area contributed by atoms with Crippen molar-refractivity contribution in [2.45, 2.75) is 46.2 Å². The molecule has 1 aromatic heterocycles. The van der Waals surface area contributed by atoms with Crippen molar-refractivity contribution in [1.29, 1.82) is 5.26 Å². The van der Waals surface area contributed by atoms with Crippen molar-refractivity contribution in [2.75, 3.05) is 0 Å². The van der Waals surface area contributed by atoms with Crippen LogP contribution in [0.3, 0.4) is 0 Å². The van der Waals surface area contributed by atoms with Gasteiger partial charge in [-0.3, -0.25) is 4.79 Å². The van der Waals surface area contributed by atoms with Gasteiger partial charge in [-0.1, -0.05) is 37.6 Å². The molecule has 0 N–H and O–H groups in total. The van der Waals surface area contributed by atoms with E-state index in [1.54, 1.807) is 17.0 Å². The average molecular weight is 357 g/mol. The van der Waals surface area contributed by atoms with Gasteiger partial charge in [-0.2, -0.15) is 5.26 Å². The molecule has 5 nitrogen and oxygen atoms in total. The summed E-state index contributed by atoms with van der Waals surface area (Å²) in [5.74, 6) is 0.471. The summed E-state index contributed by atoms with van der Waals surface area (Å²) in [5, 5.41) is 9.14. The highest BCUT2D eigenvalue weighted by atomic mass is 35.5. The Kier molecular flexibility index (Phi) is 6.11. The number of amides is 1. The summed E-state index contributed by atoms with van der Waals surface area (Å²) >= 11 is 6.18. The molecule has 1 aromatic carbocycles. The number of benzene rings is 1. The molecule has 0 bridgehead atoms. The Hall–Kier alpha value is -2.45. The Bertz CT molecular complexity index is 794. The van der Waals surface area contributed by atoms with E-state index in [1.807, 2.05) is 39.8 Å². The van der Waals surface area contributed by atoms with Crippen LogP contribution in [0, 0.1) is 11.3 Å². The maximum absolute atomic E-state index is 13.0. The second-order valence-corrected chi connectivity index (χ2v) is 6.82. The van der Waals surface area contributed by atoms with Crippen molar-refractivity contribution in [3.63, 3.8) is 0 Å². The van der Waals surface area contributed by atoms with Crippen molar-refractivity contribution < 1.29 is 4.79 Å². The van der Waals surface area contributed by atoms with Crippen LogP contribution in [-0.4, -0.2) is 26.8 Å². The van der Waals surface area contributed by atoms with Gasteiger partial charge in [-0.05, 0) is 31.5 Å². The molecule has 0 aliphatic carbocycles. The first-order chi connectivity index (χ1) is 11.8. The van der Waals surface area contributed by atoms with Crippen LogP contribution < -0.4 is 0 Å². The van der Waals surface area contributed by atoms with Crippen molar-refractivity contribution in [2.24, 2.45) is 0 Å². The zero-order valence-corrected chi connectivity index (χ0v) is 15.6. The first kappa shape index (κ1) is 18.9. The number of rotatable bonds is 5. The number of carbonyl (C=O) groups excluding carboxylic acids is 1. The smallest absolute Gasteiger partial charge is 0.274 e. The first-order valence-electron chi connectivity index (χ1n) is 8.16. The molecule has 0 spiro atoms. The first-order valence-corrected chi connectivity index (χ1v) is 8.53. The summed E-state index contributed by atoms with van der Waals surface area (Å²) in [4.78, 5) is 23.3. The van der Waals surface area contributed by atoms with Crippen LogP contribution in [0.2, 0.25) is 5.02 Å². The normalized spacial score (nSPS) is 10.8. The van der Waals surface area contributed by atoms with Crippen LogP contribution in [0.4, 0.5) is 0 Å². The Morgan fingerprint density at radius 1 is 1.24 bits per heavy atom. The fourth-order valence-corrected chi connectivity index (χ4v) is 2.49. The van der Waals surface area contributed by atoms with Crippen LogP contribution in [-0.2, 0) is 6.54 Å². The van der Waals surface area contributed by atoms with E-state index in [-0.39, 0.29) is 28.6 Å². The number of hydrogen-bond donors (Lipinski definition) is 0. The topological polar surface area (TPSA) is 69.9 Å². The second-order valence-electron chi connectivity index (χ2n) is 6.41. The highest BCUT2D eigenvalue weighted by Crippen LogP contribution is 2.20. The van der Waals surface area contributed by atoms with Crippen LogP contribution >= 0.6 is 11.6 Å². The zero-order valence-electron chi connectivity index (χ0n) is 14.8. The molecule has 6 heteroatoms. The molecule has 2 aromatic rings. The van der Waals surface area contributed by atoms with Crippen molar-refractivity contribution in [3.05, 3.63) is 58.1 Å². The molecule has 25 heavy (non-hydrogen) atoms. The van der Waals surface area contributed by atoms with E-state index in [9.17, 15) is 4.79 Å². The van der Waals surface area contributed by atoms with Crippen LogP contribution in [0.1, 0.15) is 61.1 Å². The number of hydrogen-bond acceptors (Lipinski definition) is 4. The van der Waals surface area contributed by atoms with Gasteiger partial charge in [0.2, 0.25) is 0 Å². The van der Waals surface area contributed by atoms with Crippen LogP contribution in [0.5, 0.6) is 0 Å². The minimum atomic E-state index is -0.228. The molecule has 130 valence electrons. The van der Waals surface area contributed by atoms with Crippen molar-refractivity contribution >= 4 is 17.5 Å². The van der Waals surface area contributed by atoms with Gasteiger partial charge in [0, 0.05) is 18.5 Å². The zero-order chi connectivity index (χ0) is 18.6. The molecular formula is C19H21ClN4O. The third kappa shape index (κ3) is 4.55. The van der Waals surface area contributed by atoms with E-state index >= 15 is 0 Å². The Morgan fingerprint density at radius 3 is 2.40 bits per heavy atom.